The van der Waals surface area contributed by atoms with Crippen LogP contribution in [0.2, 0.25) is 0 Å². The van der Waals surface area contributed by atoms with Crippen molar-refractivity contribution in [1.82, 2.24) is 9.97 Å². The summed E-state index contributed by atoms with van der Waals surface area (Å²) in [7, 11) is 0. The van der Waals surface area contributed by atoms with Gasteiger partial charge in [0.2, 0.25) is 0 Å². The predicted octanol–water partition coefficient (Wildman–Crippen LogP) is 3.34. The van der Waals surface area contributed by atoms with Crippen molar-refractivity contribution in [2.24, 2.45) is 0 Å². The summed E-state index contributed by atoms with van der Waals surface area (Å²) in [5.74, 6) is 0.457. The Hall–Kier alpha value is -1.57. The molecule has 2 nitrogen and oxygen atoms in total. The maximum absolute atomic E-state index is 4.10. The molecule has 0 saturated heterocycles. The third-order valence-corrected chi connectivity index (χ3v) is 2.67. The monoisotopic (exact) mass is 200 g/mol. The Morgan fingerprint density at radius 2 is 2.07 bits per heavy atom. The second kappa shape index (κ2) is 4.78. The molecule has 0 radical (unpaired) electrons. The molecule has 0 bridgehead atoms. The third-order valence-electron chi connectivity index (χ3n) is 2.67. The fraction of sp³-hybridized carbons (Fsp3) is 0.308. The van der Waals surface area contributed by atoms with Crippen molar-refractivity contribution in [2.45, 2.75) is 25.7 Å². The average Bonchev–Trinajstić information content (AvgIpc) is 2.80. The number of nitrogens with zero attached hydrogens (tertiary/aromatic N) is 1. The van der Waals surface area contributed by atoms with Crippen LogP contribution in [0.25, 0.3) is 0 Å². The molecule has 2 aromatic rings. The Kier molecular flexibility index (Phi) is 3.18. The van der Waals surface area contributed by atoms with Crippen LogP contribution in [0.5, 0.6) is 0 Å². The summed E-state index contributed by atoms with van der Waals surface area (Å²) in [5.41, 5.74) is 2.58. The van der Waals surface area contributed by atoms with E-state index in [1.54, 1.807) is 6.33 Å². The molecule has 0 unspecified atom stereocenters. The van der Waals surface area contributed by atoms with Gasteiger partial charge in [0.15, 0.2) is 0 Å². The van der Waals surface area contributed by atoms with Crippen molar-refractivity contribution in [3.05, 3.63) is 54.1 Å². The zero-order valence-electron chi connectivity index (χ0n) is 8.98. The number of aromatic amines is 1. The lowest BCUT2D eigenvalue weighted by molar-refractivity contribution is 0.684. The summed E-state index contributed by atoms with van der Waals surface area (Å²) >= 11 is 0. The molecular weight excluding hydrogens is 184 g/mol. The fourth-order valence-electron chi connectivity index (χ4n) is 1.93. The quantitative estimate of drug-likeness (QED) is 0.805. The summed E-state index contributed by atoms with van der Waals surface area (Å²) in [6.07, 6.45) is 6.01. The largest absolute Gasteiger partial charge is 0.348 e. The number of H-pyrrole nitrogens is 1. The molecule has 0 saturated carbocycles. The van der Waals surface area contributed by atoms with Gasteiger partial charge in [-0.3, -0.25) is 0 Å². The molecule has 2 heteroatoms. The number of rotatable bonds is 4. The second-order valence-electron chi connectivity index (χ2n) is 3.76. The lowest BCUT2D eigenvalue weighted by Crippen LogP contribution is -2.00. The Balaban J connectivity index is 2.28. The Morgan fingerprint density at radius 1 is 1.27 bits per heavy atom. The number of aromatic nitrogens is 2. The normalized spacial score (nSPS) is 12.6. The maximum atomic E-state index is 4.10. The summed E-state index contributed by atoms with van der Waals surface area (Å²) in [6.45, 7) is 2.21. The van der Waals surface area contributed by atoms with E-state index in [1.807, 2.05) is 6.20 Å². The molecular formula is C13H16N2. The Labute approximate surface area is 90.4 Å². The molecule has 1 aromatic heterocycles. The number of benzene rings is 1. The van der Waals surface area contributed by atoms with Crippen molar-refractivity contribution in [2.75, 3.05) is 0 Å². The lowest BCUT2D eigenvalue weighted by atomic mass is 9.92. The van der Waals surface area contributed by atoms with Crippen molar-refractivity contribution in [1.29, 1.82) is 0 Å². The van der Waals surface area contributed by atoms with Gasteiger partial charge in [0.1, 0.15) is 0 Å². The molecule has 0 spiro atoms. The van der Waals surface area contributed by atoms with E-state index in [4.69, 9.17) is 0 Å². The SMILES string of the molecule is CCC[C@H](c1ccccc1)c1cnc[nH]1. The van der Waals surface area contributed by atoms with Gasteiger partial charge in [0, 0.05) is 17.8 Å². The van der Waals surface area contributed by atoms with Gasteiger partial charge < -0.3 is 4.98 Å². The Morgan fingerprint density at radius 3 is 2.67 bits per heavy atom. The molecule has 78 valence electrons. The van der Waals surface area contributed by atoms with Crippen LogP contribution in [-0.4, -0.2) is 9.97 Å². The van der Waals surface area contributed by atoms with E-state index in [-0.39, 0.29) is 0 Å². The van der Waals surface area contributed by atoms with Crippen molar-refractivity contribution in [3.8, 4) is 0 Å². The van der Waals surface area contributed by atoms with Crippen LogP contribution in [0.1, 0.15) is 36.9 Å². The van der Waals surface area contributed by atoms with Crippen LogP contribution in [0.3, 0.4) is 0 Å². The molecule has 0 aliphatic carbocycles. The molecule has 0 aliphatic heterocycles. The first-order valence-corrected chi connectivity index (χ1v) is 5.45. The Bertz CT molecular complexity index is 378. The van der Waals surface area contributed by atoms with Gasteiger partial charge in [-0.1, -0.05) is 43.7 Å². The third kappa shape index (κ3) is 2.27. The molecule has 2 rings (SSSR count). The van der Waals surface area contributed by atoms with Gasteiger partial charge in [0.25, 0.3) is 0 Å². The molecule has 0 fully saturated rings. The van der Waals surface area contributed by atoms with E-state index in [9.17, 15) is 0 Å². The number of imidazole rings is 1. The van der Waals surface area contributed by atoms with Crippen molar-refractivity contribution < 1.29 is 0 Å². The van der Waals surface area contributed by atoms with E-state index in [0.717, 1.165) is 6.42 Å². The van der Waals surface area contributed by atoms with Crippen LogP contribution < -0.4 is 0 Å². The van der Waals surface area contributed by atoms with E-state index >= 15 is 0 Å². The predicted molar refractivity (Wildman–Crippen MR) is 61.8 cm³/mol. The molecule has 15 heavy (non-hydrogen) atoms. The minimum absolute atomic E-state index is 0.457. The zero-order valence-corrected chi connectivity index (χ0v) is 8.98. The second-order valence-corrected chi connectivity index (χ2v) is 3.76. The first-order valence-electron chi connectivity index (χ1n) is 5.45. The highest BCUT2D eigenvalue weighted by molar-refractivity contribution is 5.27. The average molecular weight is 200 g/mol. The molecule has 0 aliphatic rings. The fourth-order valence-corrected chi connectivity index (χ4v) is 1.93. The van der Waals surface area contributed by atoms with Crippen LogP contribution >= 0.6 is 0 Å². The first kappa shape index (κ1) is 9.97. The molecule has 1 heterocycles. The molecule has 1 atom stereocenters. The lowest BCUT2D eigenvalue weighted by Gasteiger charge is -2.14. The highest BCUT2D eigenvalue weighted by atomic mass is 14.9. The highest BCUT2D eigenvalue weighted by Gasteiger charge is 2.13. The molecule has 0 amide bonds. The summed E-state index contributed by atoms with van der Waals surface area (Å²) in [6, 6.07) is 10.6. The van der Waals surface area contributed by atoms with Crippen LogP contribution in [0.4, 0.5) is 0 Å². The van der Waals surface area contributed by atoms with E-state index in [2.05, 4.69) is 47.2 Å². The molecule has 1 aromatic carbocycles. The molecule has 1 N–H and O–H groups in total. The number of hydrogen-bond acceptors (Lipinski definition) is 1. The van der Waals surface area contributed by atoms with Crippen molar-refractivity contribution >= 4 is 0 Å². The first-order chi connectivity index (χ1) is 7.42. The smallest absolute Gasteiger partial charge is 0.0921 e. The standard InChI is InChI=1S/C13H16N2/c1-2-6-12(13-9-14-10-15-13)11-7-4-3-5-8-11/h3-5,7-10,12H,2,6H2,1H3,(H,14,15)/t12-/m1/s1. The summed E-state index contributed by atoms with van der Waals surface area (Å²) < 4.78 is 0. The van der Waals surface area contributed by atoms with Gasteiger partial charge in [0.05, 0.1) is 6.33 Å². The van der Waals surface area contributed by atoms with Gasteiger partial charge >= 0.3 is 0 Å². The van der Waals surface area contributed by atoms with E-state index < -0.39 is 0 Å². The highest BCUT2D eigenvalue weighted by Crippen LogP contribution is 2.26. The minimum atomic E-state index is 0.457. The van der Waals surface area contributed by atoms with E-state index in [0.29, 0.717) is 5.92 Å². The van der Waals surface area contributed by atoms with Crippen LogP contribution in [-0.2, 0) is 0 Å². The summed E-state index contributed by atoms with van der Waals surface area (Å²) in [4.78, 5) is 7.30. The summed E-state index contributed by atoms with van der Waals surface area (Å²) in [5, 5.41) is 0. The van der Waals surface area contributed by atoms with Gasteiger partial charge in [-0.05, 0) is 12.0 Å². The van der Waals surface area contributed by atoms with Crippen molar-refractivity contribution in [3.63, 3.8) is 0 Å². The minimum Gasteiger partial charge on any atom is -0.348 e. The zero-order chi connectivity index (χ0) is 10.5. The van der Waals surface area contributed by atoms with Gasteiger partial charge in [-0.15, -0.1) is 0 Å². The maximum Gasteiger partial charge on any atom is 0.0921 e. The topological polar surface area (TPSA) is 28.7 Å². The van der Waals surface area contributed by atoms with Crippen LogP contribution in [0.15, 0.2) is 42.9 Å². The van der Waals surface area contributed by atoms with Gasteiger partial charge in [-0.2, -0.15) is 0 Å². The number of hydrogen-bond donors (Lipinski definition) is 1. The van der Waals surface area contributed by atoms with Gasteiger partial charge in [-0.25, -0.2) is 4.98 Å². The van der Waals surface area contributed by atoms with Crippen LogP contribution in [0, 0.1) is 0 Å². The number of nitrogens with one attached hydrogen (secondary N) is 1. The van der Waals surface area contributed by atoms with E-state index in [1.165, 1.54) is 17.7 Å².